The maximum Gasteiger partial charge on any atom is 0.244 e. The summed E-state index contributed by atoms with van der Waals surface area (Å²) in [5.41, 5.74) is 2.07. The van der Waals surface area contributed by atoms with Crippen LogP contribution in [0.4, 0.5) is 5.69 Å². The smallest absolute Gasteiger partial charge is 0.244 e. The maximum absolute atomic E-state index is 13.5. The van der Waals surface area contributed by atoms with Crippen LogP contribution in [0, 0.1) is 0 Å². The number of sulfonamides is 1. The van der Waals surface area contributed by atoms with Gasteiger partial charge in [0.05, 0.1) is 19.1 Å². The largest absolute Gasteiger partial charge is 0.497 e. The number of nitrogens with zero attached hydrogens (tertiary/aromatic N) is 2. The predicted octanol–water partition coefficient (Wildman–Crippen LogP) is 2.97. The number of rotatable bonds is 11. The summed E-state index contributed by atoms with van der Waals surface area (Å²) in [4.78, 5) is 27.7. The van der Waals surface area contributed by atoms with Gasteiger partial charge in [0.25, 0.3) is 0 Å². The van der Waals surface area contributed by atoms with Crippen molar-refractivity contribution in [3.63, 3.8) is 0 Å². The number of methoxy groups -OCH3 is 1. The zero-order valence-corrected chi connectivity index (χ0v) is 21.6. The summed E-state index contributed by atoms with van der Waals surface area (Å²) in [5.74, 6) is -0.109. The number of ether oxygens (including phenoxy) is 1. The molecular formula is C25H35N3O5S. The van der Waals surface area contributed by atoms with E-state index in [1.54, 1.807) is 38.3 Å². The van der Waals surface area contributed by atoms with E-state index in [1.165, 1.54) is 4.90 Å². The molecule has 0 saturated heterocycles. The van der Waals surface area contributed by atoms with Gasteiger partial charge < -0.3 is 15.0 Å². The molecule has 34 heavy (non-hydrogen) atoms. The fourth-order valence-corrected chi connectivity index (χ4v) is 4.44. The Hall–Kier alpha value is -3.07. The molecule has 0 aliphatic heterocycles. The molecule has 0 spiro atoms. The van der Waals surface area contributed by atoms with Crippen LogP contribution < -0.4 is 14.4 Å². The van der Waals surface area contributed by atoms with Crippen molar-refractivity contribution < 1.29 is 22.7 Å². The number of aryl methyl sites for hydroxylation is 1. The molecule has 0 aliphatic rings. The first-order valence-electron chi connectivity index (χ1n) is 11.3. The molecule has 1 N–H and O–H groups in total. The summed E-state index contributed by atoms with van der Waals surface area (Å²) in [6, 6.07) is 13.4. The van der Waals surface area contributed by atoms with Crippen molar-refractivity contribution in [2.45, 2.75) is 52.7 Å². The van der Waals surface area contributed by atoms with Gasteiger partial charge in [0.2, 0.25) is 21.8 Å². The van der Waals surface area contributed by atoms with Crippen LogP contribution in [0.2, 0.25) is 0 Å². The monoisotopic (exact) mass is 489 g/mol. The Balaban J connectivity index is 2.41. The number of hydrogen-bond acceptors (Lipinski definition) is 5. The third-order valence-corrected chi connectivity index (χ3v) is 6.56. The molecule has 0 radical (unpaired) electrons. The molecular weight excluding hydrogens is 454 g/mol. The Labute approximate surface area is 202 Å². The number of para-hydroxylation sites is 1. The van der Waals surface area contributed by atoms with Crippen LogP contribution in [0.3, 0.4) is 0 Å². The van der Waals surface area contributed by atoms with Gasteiger partial charge in [-0.1, -0.05) is 37.3 Å². The molecule has 2 rings (SSSR count). The van der Waals surface area contributed by atoms with Gasteiger partial charge in [-0.25, -0.2) is 8.42 Å². The SMILES string of the molecule is CCc1ccccc1N(CC(=O)N(Cc1ccc(OC)cc1)[C@@H](C)C(=O)NC(C)C)S(C)(=O)=O. The average Bonchev–Trinajstić information content (AvgIpc) is 2.79. The number of carbonyl (C=O) groups is 2. The van der Waals surface area contributed by atoms with Crippen LogP contribution in [0.15, 0.2) is 48.5 Å². The third kappa shape index (κ3) is 7.21. The predicted molar refractivity (Wildman–Crippen MR) is 134 cm³/mol. The molecule has 0 fully saturated rings. The van der Waals surface area contributed by atoms with Gasteiger partial charge in [-0.2, -0.15) is 0 Å². The topological polar surface area (TPSA) is 96.0 Å². The average molecular weight is 490 g/mol. The second-order valence-corrected chi connectivity index (χ2v) is 10.4. The molecule has 8 nitrogen and oxygen atoms in total. The van der Waals surface area contributed by atoms with E-state index in [1.807, 2.05) is 45.0 Å². The maximum atomic E-state index is 13.5. The number of anilines is 1. The Morgan fingerprint density at radius 1 is 1.03 bits per heavy atom. The number of amides is 2. The molecule has 0 aromatic heterocycles. The van der Waals surface area contributed by atoms with Gasteiger partial charge in [-0.05, 0) is 56.5 Å². The molecule has 1 atom stereocenters. The fraction of sp³-hybridized carbons (Fsp3) is 0.440. The molecule has 0 bridgehead atoms. The van der Waals surface area contributed by atoms with E-state index in [2.05, 4.69) is 5.32 Å². The lowest BCUT2D eigenvalue weighted by Crippen LogP contribution is -2.52. The van der Waals surface area contributed by atoms with Gasteiger partial charge in [0.1, 0.15) is 18.3 Å². The fourth-order valence-electron chi connectivity index (χ4n) is 3.56. The normalized spacial score (nSPS) is 12.2. The Bertz CT molecular complexity index is 1080. The van der Waals surface area contributed by atoms with Crippen LogP contribution in [0.5, 0.6) is 5.75 Å². The molecule has 0 heterocycles. The van der Waals surface area contributed by atoms with Crippen LogP contribution >= 0.6 is 0 Å². The van der Waals surface area contributed by atoms with Crippen molar-refractivity contribution in [3.8, 4) is 5.75 Å². The second kappa shape index (κ2) is 11.9. The third-order valence-electron chi connectivity index (χ3n) is 5.43. The number of carbonyl (C=O) groups excluding carboxylic acids is 2. The lowest BCUT2D eigenvalue weighted by Gasteiger charge is -2.32. The minimum absolute atomic E-state index is 0.100. The summed E-state index contributed by atoms with van der Waals surface area (Å²) < 4.78 is 31.7. The highest BCUT2D eigenvalue weighted by Gasteiger charge is 2.30. The van der Waals surface area contributed by atoms with Gasteiger partial charge >= 0.3 is 0 Å². The van der Waals surface area contributed by atoms with Crippen LogP contribution in [0.25, 0.3) is 0 Å². The van der Waals surface area contributed by atoms with Crippen LogP contribution in [-0.4, -0.2) is 57.1 Å². The first-order chi connectivity index (χ1) is 16.0. The van der Waals surface area contributed by atoms with Crippen molar-refractivity contribution in [2.75, 3.05) is 24.2 Å². The Kier molecular flexibility index (Phi) is 9.49. The van der Waals surface area contributed by atoms with E-state index in [4.69, 9.17) is 4.74 Å². The molecule has 0 unspecified atom stereocenters. The summed E-state index contributed by atoms with van der Waals surface area (Å²) in [7, 11) is -2.19. The van der Waals surface area contributed by atoms with E-state index in [0.717, 1.165) is 21.7 Å². The molecule has 2 aromatic rings. The lowest BCUT2D eigenvalue weighted by atomic mass is 10.1. The summed E-state index contributed by atoms with van der Waals surface area (Å²) in [6.45, 7) is 6.98. The zero-order valence-electron chi connectivity index (χ0n) is 20.7. The van der Waals surface area contributed by atoms with E-state index in [9.17, 15) is 18.0 Å². The van der Waals surface area contributed by atoms with Crippen LogP contribution in [0.1, 0.15) is 38.8 Å². The van der Waals surface area contributed by atoms with Crippen LogP contribution in [-0.2, 0) is 32.6 Å². The Morgan fingerprint density at radius 3 is 2.18 bits per heavy atom. The van der Waals surface area contributed by atoms with E-state index in [-0.39, 0.29) is 18.5 Å². The van der Waals surface area contributed by atoms with Crippen molar-refractivity contribution in [2.24, 2.45) is 0 Å². The molecule has 186 valence electrons. The van der Waals surface area contributed by atoms with E-state index < -0.39 is 28.5 Å². The van der Waals surface area contributed by atoms with Gasteiger partial charge in [0.15, 0.2) is 0 Å². The highest BCUT2D eigenvalue weighted by atomic mass is 32.2. The number of benzene rings is 2. The highest BCUT2D eigenvalue weighted by molar-refractivity contribution is 7.92. The minimum atomic E-state index is -3.76. The molecule has 0 saturated carbocycles. The highest BCUT2D eigenvalue weighted by Crippen LogP contribution is 2.24. The number of nitrogens with one attached hydrogen (secondary N) is 1. The van der Waals surface area contributed by atoms with Crippen molar-refractivity contribution in [1.82, 2.24) is 10.2 Å². The second-order valence-electron chi connectivity index (χ2n) is 8.46. The molecule has 2 aromatic carbocycles. The van der Waals surface area contributed by atoms with Crippen molar-refractivity contribution in [1.29, 1.82) is 0 Å². The summed E-state index contributed by atoms with van der Waals surface area (Å²) in [5, 5.41) is 2.83. The van der Waals surface area contributed by atoms with Gasteiger partial charge in [-0.15, -0.1) is 0 Å². The first-order valence-corrected chi connectivity index (χ1v) is 13.1. The summed E-state index contributed by atoms with van der Waals surface area (Å²) >= 11 is 0. The number of hydrogen-bond donors (Lipinski definition) is 1. The van der Waals surface area contributed by atoms with E-state index in [0.29, 0.717) is 17.9 Å². The minimum Gasteiger partial charge on any atom is -0.497 e. The summed E-state index contributed by atoms with van der Waals surface area (Å²) in [6.07, 6.45) is 1.69. The Morgan fingerprint density at radius 2 is 1.65 bits per heavy atom. The van der Waals surface area contributed by atoms with Gasteiger partial charge in [-0.3, -0.25) is 13.9 Å². The van der Waals surface area contributed by atoms with Crippen molar-refractivity contribution in [3.05, 3.63) is 59.7 Å². The molecule has 9 heteroatoms. The molecule has 2 amide bonds. The standard InChI is InChI=1S/C25H35N3O5S/c1-7-21-10-8-9-11-23(21)28(34(6,31)32)17-24(29)27(19(4)25(30)26-18(2)3)16-20-12-14-22(33-5)15-13-20/h8-15,18-19H,7,16-17H2,1-6H3,(H,26,30)/t19-/m0/s1. The lowest BCUT2D eigenvalue weighted by molar-refractivity contribution is -0.139. The molecule has 0 aliphatic carbocycles. The quantitative estimate of drug-likeness (QED) is 0.524. The first kappa shape index (κ1) is 27.2. The van der Waals surface area contributed by atoms with Gasteiger partial charge in [0, 0.05) is 12.6 Å². The zero-order chi connectivity index (χ0) is 25.5. The van der Waals surface area contributed by atoms with E-state index >= 15 is 0 Å². The van der Waals surface area contributed by atoms with Crippen molar-refractivity contribution >= 4 is 27.5 Å².